The van der Waals surface area contributed by atoms with Crippen molar-refractivity contribution in [3.8, 4) is 11.5 Å². The minimum atomic E-state index is -0.450. The lowest BCUT2D eigenvalue weighted by Gasteiger charge is -2.44. The molecule has 1 aromatic heterocycles. The maximum absolute atomic E-state index is 13.5. The van der Waals surface area contributed by atoms with Crippen LogP contribution < -0.4 is 30.6 Å². The molecule has 0 saturated carbocycles. The molecule has 226 valence electrons. The summed E-state index contributed by atoms with van der Waals surface area (Å²) in [7, 11) is 2.95. The summed E-state index contributed by atoms with van der Waals surface area (Å²) in [6, 6.07) is 18.9. The highest BCUT2D eigenvalue weighted by molar-refractivity contribution is 6.32. The maximum Gasteiger partial charge on any atom is 0.255 e. The Labute approximate surface area is 258 Å². The van der Waals surface area contributed by atoms with E-state index in [9.17, 15) is 18.8 Å². The zero-order valence-electron chi connectivity index (χ0n) is 24.1. The zero-order valence-corrected chi connectivity index (χ0v) is 24.9. The van der Waals surface area contributed by atoms with Gasteiger partial charge < -0.3 is 29.6 Å². The molecule has 2 amide bonds. The van der Waals surface area contributed by atoms with Gasteiger partial charge >= 0.3 is 0 Å². The second-order valence-electron chi connectivity index (χ2n) is 10.9. The normalized spacial score (nSPS) is 17.0. The number of anilines is 3. The monoisotopic (exact) mass is 616 g/mol. The number of piperidine rings is 1. The van der Waals surface area contributed by atoms with E-state index in [0.29, 0.717) is 47.5 Å². The van der Waals surface area contributed by atoms with Crippen molar-refractivity contribution in [1.82, 2.24) is 4.57 Å². The molecule has 1 saturated heterocycles. The standard InChI is InChI=1S/C33H30ClFN4O5/c1-43-29-15-30(44-2)26(14-24(29)34)37-33(42)21-8-11-28(25(13-21)36-32(41)20-6-9-23(35)10-7-20)38-16-19-12-22(18-38)27-4-3-5-31(40)39(27)17-19/h3-11,13-15,19,22H,12,16-18H2,1-2H3,(H,36,41)(H,37,42). The highest BCUT2D eigenvalue weighted by Crippen LogP contribution is 2.40. The van der Waals surface area contributed by atoms with Crippen molar-refractivity contribution in [2.45, 2.75) is 18.9 Å². The zero-order chi connectivity index (χ0) is 31.0. The lowest BCUT2D eigenvalue weighted by atomic mass is 9.83. The van der Waals surface area contributed by atoms with E-state index in [4.69, 9.17) is 21.1 Å². The number of hydrogen-bond donors (Lipinski definition) is 2. The number of ether oxygens (including phenoxy) is 2. The number of halogens is 2. The summed E-state index contributed by atoms with van der Waals surface area (Å²) >= 11 is 6.30. The molecule has 2 atom stereocenters. The van der Waals surface area contributed by atoms with Crippen LogP contribution in [0.3, 0.4) is 0 Å². The van der Waals surface area contributed by atoms with E-state index < -0.39 is 17.6 Å². The van der Waals surface area contributed by atoms with Gasteiger partial charge in [-0.05, 0) is 66.9 Å². The Morgan fingerprint density at radius 1 is 0.841 bits per heavy atom. The molecule has 2 aliphatic heterocycles. The number of nitrogens with zero attached hydrogens (tertiary/aromatic N) is 2. The van der Waals surface area contributed by atoms with E-state index in [1.165, 1.54) is 38.5 Å². The van der Waals surface area contributed by atoms with Gasteiger partial charge in [-0.1, -0.05) is 17.7 Å². The predicted octanol–water partition coefficient (Wildman–Crippen LogP) is 5.79. The van der Waals surface area contributed by atoms with Gasteiger partial charge in [-0.3, -0.25) is 14.4 Å². The number of nitrogens with one attached hydrogen (secondary N) is 2. The molecule has 2 unspecified atom stereocenters. The van der Waals surface area contributed by atoms with Crippen LogP contribution in [-0.2, 0) is 6.54 Å². The molecule has 44 heavy (non-hydrogen) atoms. The third-order valence-electron chi connectivity index (χ3n) is 8.16. The summed E-state index contributed by atoms with van der Waals surface area (Å²) in [5.74, 6) is -0.215. The van der Waals surface area contributed by atoms with E-state index in [1.807, 2.05) is 16.7 Å². The molecule has 0 spiro atoms. The van der Waals surface area contributed by atoms with Crippen molar-refractivity contribution in [1.29, 1.82) is 0 Å². The average Bonchev–Trinajstić information content (AvgIpc) is 3.02. The van der Waals surface area contributed by atoms with Gasteiger partial charge in [0.25, 0.3) is 17.4 Å². The quantitative estimate of drug-likeness (QED) is 0.273. The van der Waals surface area contributed by atoms with Gasteiger partial charge in [-0.15, -0.1) is 0 Å². The number of rotatable bonds is 7. The lowest BCUT2D eigenvalue weighted by molar-refractivity contribution is 0.101. The fourth-order valence-electron chi connectivity index (χ4n) is 6.09. The smallest absolute Gasteiger partial charge is 0.255 e. The first-order valence-corrected chi connectivity index (χ1v) is 14.5. The fraction of sp³-hybridized carbons (Fsp3) is 0.242. The van der Waals surface area contributed by atoms with E-state index in [1.54, 1.807) is 36.4 Å². The molecule has 11 heteroatoms. The van der Waals surface area contributed by atoms with Crippen molar-refractivity contribution in [3.63, 3.8) is 0 Å². The van der Waals surface area contributed by atoms with Crippen LogP contribution in [0.2, 0.25) is 5.02 Å². The van der Waals surface area contributed by atoms with Gasteiger partial charge in [0.15, 0.2) is 0 Å². The molecule has 4 aromatic rings. The first-order valence-electron chi connectivity index (χ1n) is 14.1. The molecule has 2 N–H and O–H groups in total. The summed E-state index contributed by atoms with van der Waals surface area (Å²) < 4.78 is 26.1. The van der Waals surface area contributed by atoms with Crippen molar-refractivity contribution in [2.75, 3.05) is 42.8 Å². The Balaban J connectivity index is 1.33. The summed E-state index contributed by atoms with van der Waals surface area (Å²) in [5.41, 5.74) is 3.07. The van der Waals surface area contributed by atoms with Crippen LogP contribution in [0.25, 0.3) is 0 Å². The summed E-state index contributed by atoms with van der Waals surface area (Å²) in [5, 5.41) is 6.07. The third kappa shape index (κ3) is 5.72. The van der Waals surface area contributed by atoms with Crippen LogP contribution in [0.15, 0.2) is 77.6 Å². The first kappa shape index (κ1) is 29.3. The lowest BCUT2D eigenvalue weighted by Crippen LogP contribution is -2.47. The van der Waals surface area contributed by atoms with E-state index >= 15 is 0 Å². The number of pyridine rings is 1. The largest absolute Gasteiger partial charge is 0.495 e. The number of fused-ring (bicyclic) bond motifs is 4. The second kappa shape index (κ2) is 12.0. The van der Waals surface area contributed by atoms with Gasteiger partial charge in [0, 0.05) is 54.5 Å². The van der Waals surface area contributed by atoms with Crippen molar-refractivity contribution in [2.24, 2.45) is 5.92 Å². The first-order chi connectivity index (χ1) is 21.2. The fourth-order valence-corrected chi connectivity index (χ4v) is 6.34. The SMILES string of the molecule is COc1cc(OC)c(NC(=O)c2ccc(N3CC4CC(C3)c3cccc(=O)n3C4)c(NC(=O)c3ccc(F)cc3)c2)cc1Cl. The van der Waals surface area contributed by atoms with Crippen molar-refractivity contribution < 1.29 is 23.5 Å². The molecule has 2 bridgehead atoms. The molecule has 3 heterocycles. The molecule has 3 aromatic carbocycles. The highest BCUT2D eigenvalue weighted by Gasteiger charge is 2.35. The van der Waals surface area contributed by atoms with Crippen LogP contribution >= 0.6 is 11.6 Å². The Kier molecular flexibility index (Phi) is 8.01. The number of hydrogen-bond acceptors (Lipinski definition) is 6. The van der Waals surface area contributed by atoms with Crippen molar-refractivity contribution >= 4 is 40.5 Å². The number of aromatic nitrogens is 1. The number of benzene rings is 3. The topological polar surface area (TPSA) is 102 Å². The molecular formula is C33H30ClFN4O5. The summed E-state index contributed by atoms with van der Waals surface area (Å²) in [4.78, 5) is 41.5. The van der Waals surface area contributed by atoms with Crippen LogP contribution in [0.1, 0.15) is 38.7 Å². The van der Waals surface area contributed by atoms with E-state index in [-0.39, 0.29) is 28.5 Å². The van der Waals surface area contributed by atoms with Gasteiger partial charge in [0.1, 0.15) is 17.3 Å². The third-order valence-corrected chi connectivity index (χ3v) is 8.45. The number of carbonyl (C=O) groups excluding carboxylic acids is 2. The van der Waals surface area contributed by atoms with Crippen LogP contribution in [0.5, 0.6) is 11.5 Å². The van der Waals surface area contributed by atoms with E-state index in [0.717, 1.165) is 17.8 Å². The molecule has 1 fully saturated rings. The number of carbonyl (C=O) groups is 2. The summed E-state index contributed by atoms with van der Waals surface area (Å²) in [6.45, 7) is 1.92. The van der Waals surface area contributed by atoms with Gasteiger partial charge in [0.05, 0.1) is 36.3 Å². The van der Waals surface area contributed by atoms with Crippen LogP contribution in [0, 0.1) is 11.7 Å². The molecular weight excluding hydrogens is 587 g/mol. The minimum Gasteiger partial charge on any atom is -0.495 e. The van der Waals surface area contributed by atoms with Gasteiger partial charge in [-0.25, -0.2) is 4.39 Å². The Bertz CT molecular complexity index is 1810. The van der Waals surface area contributed by atoms with E-state index in [2.05, 4.69) is 15.5 Å². The Morgan fingerprint density at radius 2 is 1.55 bits per heavy atom. The maximum atomic E-state index is 13.5. The molecule has 6 rings (SSSR count). The van der Waals surface area contributed by atoms with Gasteiger partial charge in [0.2, 0.25) is 0 Å². The average molecular weight is 617 g/mol. The minimum absolute atomic E-state index is 0.00282. The molecule has 2 aliphatic rings. The number of methoxy groups -OCH3 is 2. The molecule has 0 radical (unpaired) electrons. The molecule has 0 aliphatic carbocycles. The Hall–Kier alpha value is -4.83. The predicted molar refractivity (Wildman–Crippen MR) is 167 cm³/mol. The van der Waals surface area contributed by atoms with Crippen LogP contribution in [0.4, 0.5) is 21.5 Å². The van der Waals surface area contributed by atoms with Crippen molar-refractivity contribution in [3.05, 3.63) is 111 Å². The Morgan fingerprint density at radius 3 is 2.30 bits per heavy atom. The molecule has 9 nitrogen and oxygen atoms in total. The van der Waals surface area contributed by atoms with Gasteiger partial charge in [-0.2, -0.15) is 0 Å². The second-order valence-corrected chi connectivity index (χ2v) is 11.3. The van der Waals surface area contributed by atoms with Crippen LogP contribution in [-0.4, -0.2) is 43.7 Å². The number of amides is 2. The summed E-state index contributed by atoms with van der Waals surface area (Å²) in [6.07, 6.45) is 0.962. The highest BCUT2D eigenvalue weighted by atomic mass is 35.5.